The maximum Gasteiger partial charge on any atom is 0.337 e. The number of allylic oxidation sites excluding steroid dienone is 1. The number of aromatic amines is 1. The van der Waals surface area contributed by atoms with Crippen molar-refractivity contribution < 1.29 is 14.5 Å². The number of amides is 1. The molecular formula is C22H23ClN5O2S+. The van der Waals surface area contributed by atoms with Crippen molar-refractivity contribution in [2.75, 3.05) is 5.75 Å². The Hall–Kier alpha value is -3.10. The Morgan fingerprint density at radius 2 is 2.13 bits per heavy atom. The summed E-state index contributed by atoms with van der Waals surface area (Å²) >= 11 is 7.27. The first-order valence-electron chi connectivity index (χ1n) is 9.64. The average Bonchev–Trinajstić information content (AvgIpc) is 3.18. The number of nitrogens with zero attached hydrogens (tertiary/aromatic N) is 3. The van der Waals surface area contributed by atoms with E-state index in [1.54, 1.807) is 12.1 Å². The maximum atomic E-state index is 12.2. The molecule has 1 amide bonds. The number of nitrogens with one attached hydrogen (secondary N) is 2. The highest BCUT2D eigenvalue weighted by molar-refractivity contribution is 7.99. The van der Waals surface area contributed by atoms with E-state index in [0.29, 0.717) is 28.7 Å². The number of aromatic nitrogens is 3. The molecule has 0 aliphatic heterocycles. The van der Waals surface area contributed by atoms with E-state index in [1.165, 1.54) is 18.0 Å². The standard InChI is InChI=1S/C22H22ClN5O2S/c1-3-6-15-7-5-8-17(20(15)30)13-24-25-19(29)14-31-22-27-26-21(28(22)4-2)16-9-11-18(23)12-10-16/h3,5,7-13H,1,4,6,14H2,2H3,(H2,24,25,29,30)/p+1. The Morgan fingerprint density at radius 3 is 2.84 bits per heavy atom. The third-order valence-electron chi connectivity index (χ3n) is 4.43. The van der Waals surface area contributed by atoms with Crippen molar-refractivity contribution in [1.82, 2.24) is 15.6 Å². The molecule has 7 nitrogen and oxygen atoms in total. The highest BCUT2D eigenvalue weighted by Gasteiger charge is 2.21. The van der Waals surface area contributed by atoms with E-state index in [4.69, 9.17) is 11.6 Å². The summed E-state index contributed by atoms with van der Waals surface area (Å²) in [6.45, 7) is 6.38. The number of benzene rings is 2. The third-order valence-corrected chi connectivity index (χ3v) is 5.66. The number of hydrogen-bond donors (Lipinski definition) is 3. The number of hydrazone groups is 1. The summed E-state index contributed by atoms with van der Waals surface area (Å²) in [5, 5.41) is 22.9. The lowest BCUT2D eigenvalue weighted by Gasteiger charge is -2.04. The molecule has 0 bridgehead atoms. The van der Waals surface area contributed by atoms with Gasteiger partial charge in [-0.05, 0) is 61.0 Å². The van der Waals surface area contributed by atoms with Gasteiger partial charge >= 0.3 is 5.16 Å². The van der Waals surface area contributed by atoms with E-state index in [2.05, 4.69) is 27.3 Å². The Balaban J connectivity index is 1.60. The van der Waals surface area contributed by atoms with Crippen molar-refractivity contribution in [3.8, 4) is 17.1 Å². The van der Waals surface area contributed by atoms with Gasteiger partial charge in [-0.2, -0.15) is 5.10 Å². The van der Waals surface area contributed by atoms with Crippen LogP contribution in [0.4, 0.5) is 0 Å². The fourth-order valence-electron chi connectivity index (χ4n) is 2.92. The van der Waals surface area contributed by atoms with Gasteiger partial charge in [-0.15, -0.1) is 11.7 Å². The molecule has 3 aromatic rings. The number of para-hydroxylation sites is 1. The zero-order valence-electron chi connectivity index (χ0n) is 17.0. The second-order valence-corrected chi connectivity index (χ2v) is 7.91. The topological polar surface area (TPSA) is 94.2 Å². The highest BCUT2D eigenvalue weighted by atomic mass is 35.5. The summed E-state index contributed by atoms with van der Waals surface area (Å²) in [7, 11) is 0. The van der Waals surface area contributed by atoms with Crippen LogP contribution in [-0.2, 0) is 17.8 Å². The fourth-order valence-corrected chi connectivity index (χ4v) is 3.86. The first kappa shape index (κ1) is 22.6. The number of thioether (sulfide) groups is 1. The number of carbonyl (C=O) groups excluding carboxylic acids is 1. The van der Waals surface area contributed by atoms with Gasteiger partial charge in [0, 0.05) is 10.6 Å². The monoisotopic (exact) mass is 456 g/mol. The van der Waals surface area contributed by atoms with Crippen LogP contribution in [0.25, 0.3) is 11.4 Å². The van der Waals surface area contributed by atoms with E-state index in [1.807, 2.05) is 47.9 Å². The number of phenolic OH excluding ortho intramolecular Hbond substituents is 1. The molecule has 0 atom stereocenters. The second kappa shape index (κ2) is 10.8. The molecule has 0 spiro atoms. The van der Waals surface area contributed by atoms with Crippen molar-refractivity contribution in [3.63, 3.8) is 0 Å². The molecule has 160 valence electrons. The van der Waals surface area contributed by atoms with Crippen molar-refractivity contribution in [1.29, 1.82) is 0 Å². The van der Waals surface area contributed by atoms with Gasteiger partial charge in [-0.3, -0.25) is 4.79 Å². The first-order chi connectivity index (χ1) is 15.0. The Labute approximate surface area is 189 Å². The maximum absolute atomic E-state index is 12.2. The number of rotatable bonds is 9. The Bertz CT molecular complexity index is 1100. The van der Waals surface area contributed by atoms with Crippen LogP contribution in [0.3, 0.4) is 0 Å². The Kier molecular flexibility index (Phi) is 7.86. The van der Waals surface area contributed by atoms with Gasteiger partial charge in [-0.1, -0.05) is 29.8 Å². The summed E-state index contributed by atoms with van der Waals surface area (Å²) < 4.78 is 1.99. The second-order valence-electron chi connectivity index (χ2n) is 6.54. The van der Waals surface area contributed by atoms with Crippen LogP contribution >= 0.6 is 23.4 Å². The zero-order chi connectivity index (χ0) is 22.2. The van der Waals surface area contributed by atoms with Crippen LogP contribution in [0, 0.1) is 0 Å². The molecule has 0 saturated heterocycles. The van der Waals surface area contributed by atoms with Crippen molar-refractivity contribution in [2.24, 2.45) is 5.10 Å². The summed E-state index contributed by atoms with van der Waals surface area (Å²) in [6, 6.07) is 12.8. The molecule has 0 fully saturated rings. The van der Waals surface area contributed by atoms with Gasteiger partial charge < -0.3 is 5.11 Å². The number of hydrogen-bond acceptors (Lipinski definition) is 5. The SMILES string of the molecule is C=CCc1cccc(/C=N/NC(=O)CSc2n[nH]c(-c3ccc(Cl)cc3)[n+]2CC)c1O. The summed E-state index contributed by atoms with van der Waals surface area (Å²) in [5.41, 5.74) is 4.71. The molecule has 2 aromatic carbocycles. The van der Waals surface area contributed by atoms with Crippen LogP contribution in [0.2, 0.25) is 5.02 Å². The van der Waals surface area contributed by atoms with Crippen molar-refractivity contribution >= 4 is 35.5 Å². The van der Waals surface area contributed by atoms with E-state index >= 15 is 0 Å². The van der Waals surface area contributed by atoms with Crippen LogP contribution < -0.4 is 9.99 Å². The third kappa shape index (κ3) is 5.74. The van der Waals surface area contributed by atoms with E-state index < -0.39 is 0 Å². The molecule has 3 N–H and O–H groups in total. The van der Waals surface area contributed by atoms with Crippen LogP contribution in [-0.4, -0.2) is 33.2 Å². The smallest absolute Gasteiger partial charge is 0.337 e. The first-order valence-corrected chi connectivity index (χ1v) is 11.0. The van der Waals surface area contributed by atoms with E-state index in [0.717, 1.165) is 17.0 Å². The zero-order valence-corrected chi connectivity index (χ0v) is 18.6. The summed E-state index contributed by atoms with van der Waals surface area (Å²) in [4.78, 5) is 12.2. The molecule has 9 heteroatoms. The molecule has 1 heterocycles. The van der Waals surface area contributed by atoms with Crippen LogP contribution in [0.15, 0.2) is 65.4 Å². The fraction of sp³-hybridized carbons (Fsp3) is 0.182. The lowest BCUT2D eigenvalue weighted by molar-refractivity contribution is -0.719. The molecule has 0 aliphatic rings. The molecule has 0 radical (unpaired) electrons. The number of aromatic hydroxyl groups is 1. The van der Waals surface area contributed by atoms with Gasteiger partial charge in [0.1, 0.15) is 5.75 Å². The lowest BCUT2D eigenvalue weighted by atomic mass is 10.1. The molecule has 0 unspecified atom stereocenters. The normalized spacial score (nSPS) is 11.0. The lowest BCUT2D eigenvalue weighted by Crippen LogP contribution is -2.36. The summed E-state index contributed by atoms with van der Waals surface area (Å²) in [6.07, 6.45) is 3.68. The molecule has 0 aliphatic carbocycles. The van der Waals surface area contributed by atoms with Gasteiger partial charge in [0.05, 0.1) is 29.2 Å². The minimum Gasteiger partial charge on any atom is -0.507 e. The van der Waals surface area contributed by atoms with E-state index in [-0.39, 0.29) is 17.4 Å². The number of phenols is 1. The minimum atomic E-state index is -0.276. The van der Waals surface area contributed by atoms with Gasteiger partial charge in [0.25, 0.3) is 11.7 Å². The van der Waals surface area contributed by atoms with Crippen molar-refractivity contribution in [3.05, 3.63) is 71.3 Å². The Morgan fingerprint density at radius 1 is 1.35 bits per heavy atom. The van der Waals surface area contributed by atoms with Crippen molar-refractivity contribution in [2.45, 2.75) is 25.0 Å². The quantitative estimate of drug-likeness (QED) is 0.150. The highest BCUT2D eigenvalue weighted by Crippen LogP contribution is 2.22. The largest absolute Gasteiger partial charge is 0.507 e. The molecule has 3 rings (SSSR count). The predicted molar refractivity (Wildman–Crippen MR) is 123 cm³/mol. The number of carbonyl (C=O) groups is 1. The number of halogens is 1. The molecule has 31 heavy (non-hydrogen) atoms. The number of H-pyrrole nitrogens is 1. The molecular weight excluding hydrogens is 434 g/mol. The molecule has 1 aromatic heterocycles. The predicted octanol–water partition coefficient (Wildman–Crippen LogP) is 3.71. The van der Waals surface area contributed by atoms with Crippen LogP contribution in [0.1, 0.15) is 18.1 Å². The van der Waals surface area contributed by atoms with Crippen LogP contribution in [0.5, 0.6) is 5.75 Å². The minimum absolute atomic E-state index is 0.130. The van der Waals surface area contributed by atoms with Gasteiger partial charge in [0.15, 0.2) is 0 Å². The summed E-state index contributed by atoms with van der Waals surface area (Å²) in [5.74, 6) is 0.840. The van der Waals surface area contributed by atoms with Gasteiger partial charge in [0.2, 0.25) is 0 Å². The van der Waals surface area contributed by atoms with Gasteiger partial charge in [-0.25, -0.2) is 9.99 Å². The molecule has 0 saturated carbocycles. The van der Waals surface area contributed by atoms with E-state index in [9.17, 15) is 9.90 Å². The average molecular weight is 457 g/mol.